The highest BCUT2D eigenvalue weighted by Gasteiger charge is 2.08. The molecule has 102 valence electrons. The smallest absolute Gasteiger partial charge is 0.129 e. The van der Waals surface area contributed by atoms with Gasteiger partial charge in [-0.2, -0.15) is 0 Å². The summed E-state index contributed by atoms with van der Waals surface area (Å²) in [4.78, 5) is 6.77. The molecule has 1 aromatic carbocycles. The molecule has 4 heteroatoms. The van der Waals surface area contributed by atoms with Gasteiger partial charge in [0.1, 0.15) is 5.82 Å². The van der Waals surface area contributed by atoms with Crippen molar-refractivity contribution >= 4 is 28.3 Å². The maximum absolute atomic E-state index is 6.04. The van der Waals surface area contributed by atoms with Crippen LogP contribution in [-0.2, 0) is 10.6 Å². The van der Waals surface area contributed by atoms with Crippen molar-refractivity contribution in [2.45, 2.75) is 12.8 Å². The maximum atomic E-state index is 6.04. The zero-order valence-electron chi connectivity index (χ0n) is 11.4. The highest BCUT2D eigenvalue weighted by Crippen LogP contribution is 2.23. The van der Waals surface area contributed by atoms with Crippen LogP contribution in [0.3, 0.4) is 0 Å². The molecule has 0 unspecified atom stereocenters. The first-order valence-corrected chi connectivity index (χ1v) is 7.03. The summed E-state index contributed by atoms with van der Waals surface area (Å²) in [5, 5.41) is 1.12. The van der Waals surface area contributed by atoms with E-state index in [1.54, 1.807) is 0 Å². The Morgan fingerprint density at radius 3 is 2.84 bits per heavy atom. The van der Waals surface area contributed by atoms with Crippen molar-refractivity contribution < 1.29 is 4.74 Å². The van der Waals surface area contributed by atoms with E-state index in [0.717, 1.165) is 35.4 Å². The lowest BCUT2D eigenvalue weighted by atomic mass is 10.1. The van der Waals surface area contributed by atoms with Gasteiger partial charge in [-0.3, -0.25) is 0 Å². The van der Waals surface area contributed by atoms with Crippen LogP contribution < -0.4 is 4.90 Å². The van der Waals surface area contributed by atoms with E-state index in [4.69, 9.17) is 16.3 Å². The van der Waals surface area contributed by atoms with Gasteiger partial charge >= 0.3 is 0 Å². The summed E-state index contributed by atoms with van der Waals surface area (Å²) in [5.74, 6) is 1.43. The van der Waals surface area contributed by atoms with E-state index in [1.165, 1.54) is 0 Å². The highest BCUT2D eigenvalue weighted by atomic mass is 35.5. The molecule has 2 aromatic rings. The zero-order chi connectivity index (χ0) is 13.7. The monoisotopic (exact) mass is 278 g/mol. The molecule has 0 atom stereocenters. The van der Waals surface area contributed by atoms with Gasteiger partial charge < -0.3 is 9.64 Å². The van der Waals surface area contributed by atoms with Crippen molar-refractivity contribution in [1.82, 2.24) is 4.98 Å². The number of para-hydroxylation sites is 1. The van der Waals surface area contributed by atoms with Crippen molar-refractivity contribution in [2.75, 3.05) is 31.7 Å². The molecule has 1 aromatic heterocycles. The molecule has 0 radical (unpaired) electrons. The molecule has 1 heterocycles. The number of halogens is 1. The lowest BCUT2D eigenvalue weighted by Crippen LogP contribution is -2.23. The van der Waals surface area contributed by atoms with Gasteiger partial charge in [0.15, 0.2) is 0 Å². The van der Waals surface area contributed by atoms with Crippen LogP contribution in [0.15, 0.2) is 30.3 Å². The first-order valence-electron chi connectivity index (χ1n) is 6.49. The van der Waals surface area contributed by atoms with E-state index < -0.39 is 0 Å². The Morgan fingerprint density at radius 1 is 1.32 bits per heavy atom. The zero-order valence-corrected chi connectivity index (χ0v) is 12.2. The second-order valence-corrected chi connectivity index (χ2v) is 4.68. The van der Waals surface area contributed by atoms with Gasteiger partial charge in [-0.15, -0.1) is 11.6 Å². The average molecular weight is 279 g/mol. The van der Waals surface area contributed by atoms with E-state index >= 15 is 0 Å². The van der Waals surface area contributed by atoms with E-state index in [-0.39, 0.29) is 0 Å². The Balaban J connectivity index is 2.28. The third-order valence-corrected chi connectivity index (χ3v) is 3.39. The number of pyridine rings is 1. The Morgan fingerprint density at radius 2 is 2.11 bits per heavy atom. The largest absolute Gasteiger partial charge is 0.380 e. The minimum absolute atomic E-state index is 0.495. The Labute approximate surface area is 119 Å². The molecule has 0 fully saturated rings. The first kappa shape index (κ1) is 14.1. The van der Waals surface area contributed by atoms with Gasteiger partial charge in [-0.25, -0.2) is 4.98 Å². The van der Waals surface area contributed by atoms with Crippen LogP contribution in [0.1, 0.15) is 12.5 Å². The summed E-state index contributed by atoms with van der Waals surface area (Å²) in [7, 11) is 2.02. The lowest BCUT2D eigenvalue weighted by molar-refractivity contribution is 0.154. The number of alkyl halides is 1. The third-order valence-electron chi connectivity index (χ3n) is 3.10. The molecule has 0 N–H and O–H groups in total. The van der Waals surface area contributed by atoms with Crippen molar-refractivity contribution in [3.8, 4) is 0 Å². The molecular weight excluding hydrogens is 260 g/mol. The van der Waals surface area contributed by atoms with Gasteiger partial charge in [0, 0.05) is 31.5 Å². The molecule has 0 aliphatic rings. The molecule has 0 aliphatic carbocycles. The fourth-order valence-corrected chi connectivity index (χ4v) is 2.22. The van der Waals surface area contributed by atoms with Crippen LogP contribution in [0.25, 0.3) is 10.9 Å². The summed E-state index contributed by atoms with van der Waals surface area (Å²) < 4.78 is 5.37. The molecular formula is C15H19ClN2O. The number of likely N-dealkylation sites (N-methyl/N-ethyl adjacent to an activating group) is 1. The van der Waals surface area contributed by atoms with Gasteiger partial charge in [0.25, 0.3) is 0 Å². The number of hydrogen-bond donors (Lipinski definition) is 0. The average Bonchev–Trinajstić information content (AvgIpc) is 2.46. The number of hydrogen-bond acceptors (Lipinski definition) is 3. The Kier molecular flexibility index (Phi) is 5.00. The van der Waals surface area contributed by atoms with Crippen molar-refractivity contribution in [1.29, 1.82) is 0 Å². The number of benzene rings is 1. The summed E-state index contributed by atoms with van der Waals surface area (Å²) in [5.41, 5.74) is 2.10. The quantitative estimate of drug-likeness (QED) is 0.598. The maximum Gasteiger partial charge on any atom is 0.129 e. The second-order valence-electron chi connectivity index (χ2n) is 4.41. The number of nitrogens with zero attached hydrogens (tertiary/aromatic N) is 2. The summed E-state index contributed by atoms with van der Waals surface area (Å²) in [6, 6.07) is 10.1. The lowest BCUT2D eigenvalue weighted by Gasteiger charge is -2.19. The second kappa shape index (κ2) is 6.73. The summed E-state index contributed by atoms with van der Waals surface area (Å²) >= 11 is 6.04. The normalized spacial score (nSPS) is 10.9. The number of fused-ring (bicyclic) bond motifs is 1. The van der Waals surface area contributed by atoms with E-state index in [0.29, 0.717) is 12.5 Å². The van der Waals surface area contributed by atoms with Crippen LogP contribution in [0.2, 0.25) is 0 Å². The van der Waals surface area contributed by atoms with Crippen LogP contribution in [0.4, 0.5) is 5.82 Å². The van der Waals surface area contributed by atoms with Gasteiger partial charge in [-0.05, 0) is 24.6 Å². The fourth-order valence-electron chi connectivity index (χ4n) is 2.00. The first-order chi connectivity index (χ1) is 9.26. The van der Waals surface area contributed by atoms with E-state index in [1.807, 2.05) is 32.2 Å². The number of rotatable bonds is 6. The SMILES string of the molecule is CCOCCN(C)c1cc(CCl)c2ccccc2n1. The number of anilines is 1. The molecule has 0 amide bonds. The third kappa shape index (κ3) is 3.37. The van der Waals surface area contributed by atoms with Crippen LogP contribution in [0, 0.1) is 0 Å². The van der Waals surface area contributed by atoms with Crippen molar-refractivity contribution in [3.05, 3.63) is 35.9 Å². The molecule has 19 heavy (non-hydrogen) atoms. The van der Waals surface area contributed by atoms with Crippen LogP contribution in [0.5, 0.6) is 0 Å². The van der Waals surface area contributed by atoms with Crippen molar-refractivity contribution in [3.63, 3.8) is 0 Å². The Hall–Kier alpha value is -1.32. The van der Waals surface area contributed by atoms with Crippen LogP contribution in [-0.4, -0.2) is 31.8 Å². The van der Waals surface area contributed by atoms with E-state index in [2.05, 4.69) is 22.0 Å². The molecule has 0 saturated heterocycles. The van der Waals surface area contributed by atoms with Crippen LogP contribution >= 0.6 is 11.6 Å². The Bertz CT molecular complexity index is 545. The number of ether oxygens (including phenoxy) is 1. The van der Waals surface area contributed by atoms with E-state index in [9.17, 15) is 0 Å². The van der Waals surface area contributed by atoms with Crippen molar-refractivity contribution in [2.24, 2.45) is 0 Å². The predicted molar refractivity (Wildman–Crippen MR) is 81.1 cm³/mol. The van der Waals surface area contributed by atoms with Gasteiger partial charge in [-0.1, -0.05) is 18.2 Å². The minimum Gasteiger partial charge on any atom is -0.380 e. The topological polar surface area (TPSA) is 25.4 Å². The summed E-state index contributed by atoms with van der Waals surface area (Å²) in [6.45, 7) is 4.27. The minimum atomic E-state index is 0.495. The molecule has 0 bridgehead atoms. The molecule has 2 rings (SSSR count). The van der Waals surface area contributed by atoms with Gasteiger partial charge in [0.05, 0.1) is 12.1 Å². The molecule has 3 nitrogen and oxygen atoms in total. The summed E-state index contributed by atoms with van der Waals surface area (Å²) in [6.07, 6.45) is 0. The fraction of sp³-hybridized carbons (Fsp3) is 0.400. The molecule has 0 saturated carbocycles. The number of aromatic nitrogens is 1. The standard InChI is InChI=1S/C15H19ClN2O/c1-3-19-9-8-18(2)15-10-12(11-16)13-6-4-5-7-14(13)17-15/h4-7,10H,3,8-9,11H2,1-2H3. The predicted octanol–water partition coefficient (Wildman–Crippen LogP) is 3.45. The molecule has 0 spiro atoms. The highest BCUT2D eigenvalue weighted by molar-refractivity contribution is 6.18. The van der Waals surface area contributed by atoms with Gasteiger partial charge in [0.2, 0.25) is 0 Å². The molecule has 0 aliphatic heterocycles.